The zero-order valence-electron chi connectivity index (χ0n) is 18.0. The third-order valence-electron chi connectivity index (χ3n) is 6.46. The van der Waals surface area contributed by atoms with Gasteiger partial charge in [-0.1, -0.05) is 14.4 Å². The Balaban J connectivity index is 0.00000289. The molecule has 8 nitrogen and oxygen atoms in total. The third kappa shape index (κ3) is 4.84. The third-order valence-corrected chi connectivity index (χ3v) is 6.46. The number of anilines is 3. The van der Waals surface area contributed by atoms with E-state index in [0.717, 1.165) is 42.8 Å². The molecular weight excluding hydrogens is 404 g/mol. The lowest BCUT2D eigenvalue weighted by Gasteiger charge is -2.30. The van der Waals surface area contributed by atoms with Gasteiger partial charge < -0.3 is 21.7 Å². The van der Waals surface area contributed by atoms with Crippen molar-refractivity contribution in [2.45, 2.75) is 53.0 Å². The smallest absolute Gasteiger partial charge is 0.251 e. The standard InChI is InChI=1S/C23H30N6O2.CH4/c1-3-10-25-22(31)14-6-8-17(9-7-14)27-23-26-12-13(2)21(29-23)28-19-16-5-4-15(11-16)18(19)20(24)30;/h6-9,12,15-16,18-19H,3-5,10-11H2,1-2H3,(H2,24,30)(H,25,31)(H2,26,27,28,29);1H4/t15-,16+,18-,19+;/m0./s1. The first-order valence-electron chi connectivity index (χ1n) is 11.0. The van der Waals surface area contributed by atoms with E-state index >= 15 is 0 Å². The van der Waals surface area contributed by atoms with Gasteiger partial charge in [-0.05, 0) is 68.7 Å². The van der Waals surface area contributed by atoms with Gasteiger partial charge in [0, 0.05) is 35.6 Å². The van der Waals surface area contributed by atoms with E-state index in [9.17, 15) is 9.59 Å². The van der Waals surface area contributed by atoms with Crippen molar-refractivity contribution in [2.24, 2.45) is 23.5 Å². The largest absolute Gasteiger partial charge is 0.369 e. The summed E-state index contributed by atoms with van der Waals surface area (Å²) in [7, 11) is 0. The minimum absolute atomic E-state index is 0. The van der Waals surface area contributed by atoms with Crippen molar-refractivity contribution in [1.29, 1.82) is 0 Å². The zero-order valence-corrected chi connectivity index (χ0v) is 18.0. The highest BCUT2D eigenvalue weighted by Gasteiger charge is 2.50. The van der Waals surface area contributed by atoms with Gasteiger partial charge in [-0.25, -0.2) is 4.98 Å². The second-order valence-corrected chi connectivity index (χ2v) is 8.61. The molecule has 32 heavy (non-hydrogen) atoms. The van der Waals surface area contributed by atoms with E-state index in [0.29, 0.717) is 29.9 Å². The summed E-state index contributed by atoms with van der Waals surface area (Å²) in [4.78, 5) is 33.1. The molecule has 5 N–H and O–H groups in total. The zero-order chi connectivity index (χ0) is 22.0. The van der Waals surface area contributed by atoms with Crippen LogP contribution >= 0.6 is 0 Å². The molecule has 0 saturated heterocycles. The number of hydrogen-bond donors (Lipinski definition) is 4. The van der Waals surface area contributed by atoms with E-state index in [2.05, 4.69) is 25.9 Å². The van der Waals surface area contributed by atoms with Crippen molar-refractivity contribution in [1.82, 2.24) is 15.3 Å². The quantitative estimate of drug-likeness (QED) is 0.499. The fraction of sp³-hybridized carbons (Fsp3) is 0.500. The number of nitrogens with zero attached hydrogens (tertiary/aromatic N) is 2. The van der Waals surface area contributed by atoms with E-state index in [1.165, 1.54) is 0 Å². The number of amides is 2. The number of primary amides is 1. The van der Waals surface area contributed by atoms with Crippen LogP contribution in [0.5, 0.6) is 0 Å². The van der Waals surface area contributed by atoms with Crippen molar-refractivity contribution in [3.05, 3.63) is 41.6 Å². The predicted octanol–water partition coefficient (Wildman–Crippen LogP) is 3.62. The molecule has 2 aliphatic rings. The fourth-order valence-corrected chi connectivity index (χ4v) is 4.89. The number of fused-ring (bicyclic) bond motifs is 2. The van der Waals surface area contributed by atoms with E-state index < -0.39 is 0 Å². The SMILES string of the molecule is C.CCCNC(=O)c1ccc(Nc2ncc(C)c(N[C@@H]3[C@@H]4CC[C@@H](C4)[C@@H]3C(N)=O)n2)cc1. The Labute approximate surface area is 189 Å². The Bertz CT molecular complexity index is 961. The van der Waals surface area contributed by atoms with Crippen molar-refractivity contribution in [3.63, 3.8) is 0 Å². The molecule has 8 heteroatoms. The summed E-state index contributed by atoms with van der Waals surface area (Å²) in [5, 5.41) is 9.55. The van der Waals surface area contributed by atoms with Crippen LogP contribution in [0.25, 0.3) is 0 Å². The first kappa shape index (κ1) is 23.5. The summed E-state index contributed by atoms with van der Waals surface area (Å²) in [6.07, 6.45) is 5.92. The predicted molar refractivity (Wildman–Crippen MR) is 127 cm³/mol. The molecule has 2 amide bonds. The summed E-state index contributed by atoms with van der Waals surface area (Å²) in [6.45, 7) is 4.62. The summed E-state index contributed by atoms with van der Waals surface area (Å²) >= 11 is 0. The second-order valence-electron chi connectivity index (χ2n) is 8.61. The normalized spacial score (nSPS) is 23.3. The number of carbonyl (C=O) groups excluding carboxylic acids is 2. The average Bonchev–Trinajstić information content (AvgIpc) is 3.36. The number of aryl methyl sites for hydroxylation is 1. The monoisotopic (exact) mass is 438 g/mol. The molecule has 4 atom stereocenters. The maximum atomic E-state index is 12.1. The summed E-state index contributed by atoms with van der Waals surface area (Å²) in [5.41, 5.74) is 8.02. The van der Waals surface area contributed by atoms with Crippen LogP contribution < -0.4 is 21.7 Å². The van der Waals surface area contributed by atoms with Crippen molar-refractivity contribution >= 4 is 29.3 Å². The van der Waals surface area contributed by atoms with Crippen LogP contribution in [0.1, 0.15) is 56.0 Å². The number of benzene rings is 1. The van der Waals surface area contributed by atoms with E-state index in [1.54, 1.807) is 18.3 Å². The first-order chi connectivity index (χ1) is 15.0. The number of aromatic nitrogens is 2. The van der Waals surface area contributed by atoms with Crippen molar-refractivity contribution in [3.8, 4) is 0 Å². The van der Waals surface area contributed by atoms with E-state index in [4.69, 9.17) is 5.73 Å². The highest BCUT2D eigenvalue weighted by atomic mass is 16.2. The van der Waals surface area contributed by atoms with Crippen LogP contribution in [0.15, 0.2) is 30.5 Å². The topological polar surface area (TPSA) is 122 Å². The Morgan fingerprint density at radius 2 is 1.88 bits per heavy atom. The van der Waals surface area contributed by atoms with Crippen LogP contribution in [0, 0.1) is 24.7 Å². The van der Waals surface area contributed by atoms with Crippen LogP contribution in [-0.2, 0) is 4.79 Å². The average molecular weight is 439 g/mol. The lowest BCUT2D eigenvalue weighted by atomic mass is 9.84. The Kier molecular flexibility index (Phi) is 7.33. The van der Waals surface area contributed by atoms with E-state index in [-0.39, 0.29) is 31.2 Å². The van der Waals surface area contributed by atoms with Crippen LogP contribution in [0.3, 0.4) is 0 Å². The van der Waals surface area contributed by atoms with Crippen LogP contribution in [0.2, 0.25) is 0 Å². The van der Waals surface area contributed by atoms with Gasteiger partial charge in [0.2, 0.25) is 11.9 Å². The van der Waals surface area contributed by atoms with Crippen molar-refractivity contribution < 1.29 is 9.59 Å². The number of carbonyl (C=O) groups is 2. The summed E-state index contributed by atoms with van der Waals surface area (Å²) in [6, 6.07) is 7.23. The lowest BCUT2D eigenvalue weighted by Crippen LogP contribution is -2.42. The van der Waals surface area contributed by atoms with Gasteiger partial charge in [0.1, 0.15) is 5.82 Å². The second kappa shape index (κ2) is 9.97. The Hall–Kier alpha value is -3.16. The highest BCUT2D eigenvalue weighted by Crippen LogP contribution is 2.49. The number of hydrogen-bond acceptors (Lipinski definition) is 6. The van der Waals surface area contributed by atoms with Gasteiger partial charge >= 0.3 is 0 Å². The van der Waals surface area contributed by atoms with Crippen LogP contribution in [-0.4, -0.2) is 34.4 Å². The maximum absolute atomic E-state index is 12.1. The number of nitrogens with one attached hydrogen (secondary N) is 3. The minimum atomic E-state index is -0.224. The van der Waals surface area contributed by atoms with Gasteiger partial charge in [-0.15, -0.1) is 0 Å². The maximum Gasteiger partial charge on any atom is 0.251 e. The molecule has 0 spiro atoms. The molecule has 0 aliphatic heterocycles. The lowest BCUT2D eigenvalue weighted by molar-refractivity contribution is -0.123. The Morgan fingerprint density at radius 1 is 1.16 bits per heavy atom. The molecule has 1 aromatic heterocycles. The molecule has 172 valence electrons. The van der Waals surface area contributed by atoms with Gasteiger partial charge in [0.25, 0.3) is 5.91 Å². The van der Waals surface area contributed by atoms with Gasteiger partial charge in [-0.2, -0.15) is 4.98 Å². The molecule has 2 aliphatic carbocycles. The summed E-state index contributed by atoms with van der Waals surface area (Å²) < 4.78 is 0. The number of nitrogens with two attached hydrogens (primary N) is 1. The van der Waals surface area contributed by atoms with E-state index in [1.807, 2.05) is 26.0 Å². The molecule has 1 heterocycles. The molecule has 4 rings (SSSR count). The van der Waals surface area contributed by atoms with Gasteiger partial charge in [0.05, 0.1) is 5.92 Å². The molecule has 2 bridgehead atoms. The molecule has 0 radical (unpaired) electrons. The summed E-state index contributed by atoms with van der Waals surface area (Å²) in [5.74, 6) is 1.56. The molecule has 2 aromatic rings. The molecule has 2 saturated carbocycles. The molecule has 2 fully saturated rings. The molecule has 1 aromatic carbocycles. The highest BCUT2D eigenvalue weighted by molar-refractivity contribution is 5.94. The van der Waals surface area contributed by atoms with Gasteiger partial charge in [0.15, 0.2) is 0 Å². The van der Waals surface area contributed by atoms with Gasteiger partial charge in [-0.3, -0.25) is 9.59 Å². The first-order valence-corrected chi connectivity index (χ1v) is 11.0. The Morgan fingerprint density at radius 3 is 2.56 bits per heavy atom. The van der Waals surface area contributed by atoms with Crippen molar-refractivity contribution in [2.75, 3.05) is 17.2 Å². The van der Waals surface area contributed by atoms with Crippen LogP contribution in [0.4, 0.5) is 17.5 Å². The number of rotatable bonds is 8. The molecule has 0 unspecified atom stereocenters. The fourth-order valence-electron chi connectivity index (χ4n) is 4.89. The minimum Gasteiger partial charge on any atom is -0.369 e. The molecular formula is C24H34N6O2.